The van der Waals surface area contributed by atoms with E-state index < -0.39 is 5.97 Å². The molecule has 1 saturated carbocycles. The molecule has 3 fully saturated rings. The number of carboxylic acids is 1. The molecular weight excluding hydrogens is 438 g/mol. The van der Waals surface area contributed by atoms with E-state index in [1.807, 2.05) is 0 Å². The number of hydrogen-bond donors (Lipinski definition) is 1. The fourth-order valence-electron chi connectivity index (χ4n) is 6.15. The Morgan fingerprint density at radius 3 is 2.69 bits per heavy atom. The van der Waals surface area contributed by atoms with Gasteiger partial charge in [-0.15, -0.1) is 0 Å². The number of hydrogen-bond acceptors (Lipinski definition) is 4. The second kappa shape index (κ2) is 11.1. The number of piperidine rings is 1. The molecule has 0 bridgehead atoms. The molecule has 2 heterocycles. The number of rotatable bonds is 11. The van der Waals surface area contributed by atoms with Gasteiger partial charge < -0.3 is 19.5 Å². The highest BCUT2D eigenvalue weighted by atomic mass is 16.5. The molecule has 0 aromatic heterocycles. The quantitative estimate of drug-likeness (QED) is 0.461. The number of aliphatic carboxylic acids is 1. The van der Waals surface area contributed by atoms with Gasteiger partial charge in [-0.25, -0.2) is 0 Å². The molecule has 5 heteroatoms. The van der Waals surface area contributed by atoms with Crippen LogP contribution in [0.5, 0.6) is 5.75 Å². The van der Waals surface area contributed by atoms with Crippen molar-refractivity contribution in [2.75, 3.05) is 32.8 Å². The summed E-state index contributed by atoms with van der Waals surface area (Å²) in [6, 6.07) is 19.7. The topological polar surface area (TPSA) is 59.0 Å². The number of ether oxygens (including phenoxy) is 2. The molecular formula is C30H39NO4. The maximum Gasteiger partial charge on any atom is 0.304 e. The van der Waals surface area contributed by atoms with Crippen LogP contribution in [0.3, 0.4) is 0 Å². The van der Waals surface area contributed by atoms with Gasteiger partial charge in [0.15, 0.2) is 0 Å². The minimum Gasteiger partial charge on any atom is -0.488 e. The Balaban J connectivity index is 1.23. The molecule has 2 aliphatic heterocycles. The first kappa shape index (κ1) is 24.3. The van der Waals surface area contributed by atoms with Crippen molar-refractivity contribution in [1.29, 1.82) is 0 Å². The first-order valence-electron chi connectivity index (χ1n) is 13.4. The van der Waals surface area contributed by atoms with E-state index >= 15 is 0 Å². The van der Waals surface area contributed by atoms with Crippen molar-refractivity contribution in [1.82, 2.24) is 4.90 Å². The molecule has 188 valence electrons. The van der Waals surface area contributed by atoms with Gasteiger partial charge in [-0.05, 0) is 92.1 Å². The Kier molecular flexibility index (Phi) is 7.74. The maximum absolute atomic E-state index is 11.1. The van der Waals surface area contributed by atoms with Crippen LogP contribution in [0.2, 0.25) is 0 Å². The molecule has 2 aromatic carbocycles. The van der Waals surface area contributed by atoms with Crippen LogP contribution in [0.15, 0.2) is 54.6 Å². The minimum atomic E-state index is -0.702. The summed E-state index contributed by atoms with van der Waals surface area (Å²) in [7, 11) is 0. The molecule has 0 amide bonds. The molecule has 1 aliphatic carbocycles. The number of carbonyl (C=O) groups is 1. The third-order valence-corrected chi connectivity index (χ3v) is 8.42. The van der Waals surface area contributed by atoms with Crippen molar-refractivity contribution in [2.45, 2.75) is 63.4 Å². The van der Waals surface area contributed by atoms with Crippen molar-refractivity contribution in [3.05, 3.63) is 65.7 Å². The molecule has 2 aromatic rings. The molecule has 3 aliphatic rings. The average molecular weight is 478 g/mol. The Morgan fingerprint density at radius 1 is 1.11 bits per heavy atom. The summed E-state index contributed by atoms with van der Waals surface area (Å²) in [5, 5.41) is 9.09. The van der Waals surface area contributed by atoms with E-state index in [-0.39, 0.29) is 17.9 Å². The number of benzene rings is 2. The van der Waals surface area contributed by atoms with Crippen molar-refractivity contribution in [2.24, 2.45) is 11.3 Å². The predicted octanol–water partition coefficient (Wildman–Crippen LogP) is 5.54. The highest BCUT2D eigenvalue weighted by molar-refractivity contribution is 5.66. The molecule has 5 rings (SSSR count). The summed E-state index contributed by atoms with van der Waals surface area (Å²) in [5.74, 6) is 1.79. The van der Waals surface area contributed by atoms with Gasteiger partial charge in [0, 0.05) is 13.0 Å². The summed E-state index contributed by atoms with van der Waals surface area (Å²) >= 11 is 0. The molecule has 5 nitrogen and oxygen atoms in total. The second-order valence-electron chi connectivity index (χ2n) is 11.0. The van der Waals surface area contributed by atoms with E-state index in [1.54, 1.807) is 0 Å². The van der Waals surface area contributed by atoms with Gasteiger partial charge in [0.2, 0.25) is 0 Å². The van der Waals surface area contributed by atoms with Gasteiger partial charge >= 0.3 is 5.97 Å². The van der Waals surface area contributed by atoms with Gasteiger partial charge in [0.25, 0.3) is 0 Å². The van der Waals surface area contributed by atoms with E-state index in [1.165, 1.54) is 30.4 Å². The molecule has 35 heavy (non-hydrogen) atoms. The smallest absolute Gasteiger partial charge is 0.304 e. The molecule has 1 unspecified atom stereocenters. The monoisotopic (exact) mass is 477 g/mol. The van der Waals surface area contributed by atoms with Crippen LogP contribution in [-0.4, -0.2) is 54.9 Å². The summed E-state index contributed by atoms with van der Waals surface area (Å²) in [4.78, 5) is 13.4. The summed E-state index contributed by atoms with van der Waals surface area (Å²) in [5.41, 5.74) is 3.13. The van der Waals surface area contributed by atoms with Crippen LogP contribution in [0.4, 0.5) is 0 Å². The van der Waals surface area contributed by atoms with Gasteiger partial charge in [-0.1, -0.05) is 42.5 Å². The average Bonchev–Trinajstić information content (AvgIpc) is 3.48. The maximum atomic E-state index is 11.1. The van der Waals surface area contributed by atoms with Crippen LogP contribution in [0, 0.1) is 11.3 Å². The van der Waals surface area contributed by atoms with Gasteiger partial charge in [0.05, 0.1) is 19.6 Å². The largest absolute Gasteiger partial charge is 0.488 e. The van der Waals surface area contributed by atoms with Crippen LogP contribution in [0.25, 0.3) is 0 Å². The first-order chi connectivity index (χ1) is 17.1. The summed E-state index contributed by atoms with van der Waals surface area (Å²) in [6.45, 7) is 4.13. The molecule has 0 spiro atoms. The highest BCUT2D eigenvalue weighted by Crippen LogP contribution is 2.52. The Bertz CT molecular complexity index is 963. The molecule has 0 radical (unpaired) electrons. The van der Waals surface area contributed by atoms with Crippen LogP contribution < -0.4 is 4.74 Å². The van der Waals surface area contributed by atoms with Crippen molar-refractivity contribution in [3.8, 4) is 5.75 Å². The van der Waals surface area contributed by atoms with Crippen LogP contribution >= 0.6 is 0 Å². The molecule has 1 N–H and O–H groups in total. The van der Waals surface area contributed by atoms with E-state index in [0.29, 0.717) is 13.2 Å². The van der Waals surface area contributed by atoms with Gasteiger partial charge in [-0.3, -0.25) is 4.79 Å². The lowest BCUT2D eigenvalue weighted by atomic mass is 9.70. The minimum absolute atomic E-state index is 0.168. The lowest BCUT2D eigenvalue weighted by Gasteiger charge is -2.42. The fraction of sp³-hybridized carbons (Fsp3) is 0.567. The lowest BCUT2D eigenvalue weighted by molar-refractivity contribution is -0.137. The summed E-state index contributed by atoms with van der Waals surface area (Å²) < 4.78 is 11.7. The van der Waals surface area contributed by atoms with Gasteiger partial charge in [0.1, 0.15) is 11.9 Å². The Labute approximate surface area is 209 Å². The van der Waals surface area contributed by atoms with E-state index in [0.717, 1.165) is 63.0 Å². The van der Waals surface area contributed by atoms with Crippen LogP contribution in [-0.2, 0) is 16.0 Å². The van der Waals surface area contributed by atoms with Crippen LogP contribution in [0.1, 0.15) is 62.0 Å². The van der Waals surface area contributed by atoms with Crippen molar-refractivity contribution < 1.29 is 19.4 Å². The van der Waals surface area contributed by atoms with E-state index in [9.17, 15) is 4.79 Å². The SMILES string of the molecule is O=C(O)CCN1CCC(CC[C@@H]2CC2c2ccccc2)(Cc2cccc(O[C@@H]3CCOC3)c2)CC1. The zero-order chi connectivity index (χ0) is 24.1. The summed E-state index contributed by atoms with van der Waals surface area (Å²) in [6.07, 6.45) is 8.55. The number of carboxylic acid groups (broad SMARTS) is 1. The lowest BCUT2D eigenvalue weighted by Crippen LogP contribution is -2.42. The normalized spacial score (nSPS) is 25.9. The van der Waals surface area contributed by atoms with E-state index in [2.05, 4.69) is 59.5 Å². The third kappa shape index (κ3) is 6.65. The zero-order valence-electron chi connectivity index (χ0n) is 20.7. The molecule has 3 atom stereocenters. The highest BCUT2D eigenvalue weighted by Gasteiger charge is 2.41. The third-order valence-electron chi connectivity index (χ3n) is 8.42. The molecule has 2 saturated heterocycles. The van der Waals surface area contributed by atoms with Crippen molar-refractivity contribution >= 4 is 5.97 Å². The predicted molar refractivity (Wildman–Crippen MR) is 137 cm³/mol. The number of likely N-dealkylation sites (tertiary alicyclic amines) is 1. The van der Waals surface area contributed by atoms with Crippen molar-refractivity contribution in [3.63, 3.8) is 0 Å². The second-order valence-corrected chi connectivity index (χ2v) is 11.0. The van der Waals surface area contributed by atoms with Gasteiger partial charge in [-0.2, -0.15) is 0 Å². The fourth-order valence-corrected chi connectivity index (χ4v) is 6.15. The Hall–Kier alpha value is -2.37. The van der Waals surface area contributed by atoms with E-state index in [4.69, 9.17) is 14.6 Å². The number of nitrogens with zero attached hydrogens (tertiary/aromatic N) is 1. The zero-order valence-corrected chi connectivity index (χ0v) is 20.7. The Morgan fingerprint density at radius 2 is 1.94 bits per heavy atom. The first-order valence-corrected chi connectivity index (χ1v) is 13.4. The standard InChI is InChI=1S/C30H39NO4/c32-29(33)10-15-31-16-13-30(14-17-31,12-9-25-20-28(25)24-6-2-1-3-7-24)21-23-5-4-8-26(19-23)35-27-11-18-34-22-27/h1-8,19,25,27-28H,9-18,20-22H2,(H,32,33)/t25-,27-,28?/m1/s1.